The highest BCUT2D eigenvalue weighted by Gasteiger charge is 2.52. The van der Waals surface area contributed by atoms with Crippen LogP contribution < -0.4 is 39.7 Å². The molecule has 4 fully saturated rings. The van der Waals surface area contributed by atoms with Gasteiger partial charge in [0, 0.05) is 103 Å². The molecule has 0 amide bonds. The fraction of sp³-hybridized carbons (Fsp3) is 0.592. The quantitative estimate of drug-likeness (QED) is 0.00606. The van der Waals surface area contributed by atoms with Gasteiger partial charge in [-0.2, -0.15) is 44.5 Å². The molecule has 6 aromatic rings. The number of nitrogens with one attached hydrogen (secondary N) is 2. The molecule has 10 heterocycles. The van der Waals surface area contributed by atoms with E-state index in [0.717, 1.165) is 43.0 Å². The molecule has 93 heteroatoms. The van der Waals surface area contributed by atoms with Crippen LogP contribution in [0.1, 0.15) is 83.9 Å². The minimum absolute atomic E-state index is 0.0524. The van der Waals surface area contributed by atoms with Gasteiger partial charge in [-0.1, -0.05) is 0 Å². The van der Waals surface area contributed by atoms with Crippen LogP contribution in [0.15, 0.2) is 88.9 Å². The number of alkyl halides is 4. The molecule has 0 aromatic carbocycles. The zero-order valence-corrected chi connectivity index (χ0v) is 81.3. The number of nitrogens with zero attached hydrogens (tertiary/aromatic N) is 20. The number of hydrogen-bond acceptors (Lipinski definition) is 47. The van der Waals surface area contributed by atoms with Crippen molar-refractivity contribution >= 4 is 134 Å². The summed E-state index contributed by atoms with van der Waals surface area (Å²) in [7, 11) is -67.7. The molecule has 4 aliphatic heterocycles. The predicted octanol–water partition coefficient (Wildman–Crippen LogP) is 4.87. The Balaban J connectivity index is 0.000000257. The first-order valence-corrected chi connectivity index (χ1v) is 54.8. The van der Waals surface area contributed by atoms with E-state index in [0.29, 0.717) is 11.0 Å². The largest absolute Gasteiger partial charge is 0.490 e. The Kier molecular flexibility index (Phi) is 40.3. The van der Waals surface area contributed by atoms with Crippen LogP contribution in [0.25, 0.3) is 63.8 Å². The van der Waals surface area contributed by atoms with Crippen LogP contribution in [0.5, 0.6) is 0 Å². The van der Waals surface area contributed by atoms with E-state index in [1.807, 2.05) is 4.98 Å². The lowest BCUT2D eigenvalue weighted by atomic mass is 10.2. The van der Waals surface area contributed by atoms with Crippen molar-refractivity contribution in [1.82, 2.24) is 48.2 Å². The summed E-state index contributed by atoms with van der Waals surface area (Å²) in [6, 6.07) is 4.18. The Morgan fingerprint density at radius 2 is 0.711 bits per heavy atom. The van der Waals surface area contributed by atoms with Crippen LogP contribution >= 0.6 is 93.9 Å². The topological polar surface area (TPSA) is 1160 Å². The van der Waals surface area contributed by atoms with Gasteiger partial charge in [0.05, 0.1) is 61.6 Å². The molecular formula is C49H75F4N25O52P12. The summed E-state index contributed by atoms with van der Waals surface area (Å²) in [6.07, 6.45) is -10.5. The number of ether oxygens (including phenoxy) is 8. The minimum atomic E-state index is -5.80. The van der Waals surface area contributed by atoms with Crippen molar-refractivity contribution in [3.8, 4) is 0 Å². The molecule has 4 aliphatic rings. The molecule has 24 N–H and O–H groups in total. The zero-order chi connectivity index (χ0) is 108. The van der Waals surface area contributed by atoms with E-state index >= 15 is 0 Å². The Labute approximate surface area is 780 Å². The lowest BCUT2D eigenvalue weighted by Gasteiger charge is -2.24. The zero-order valence-electron chi connectivity index (χ0n) is 70.6. The van der Waals surface area contributed by atoms with Crippen molar-refractivity contribution in [3.05, 3.63) is 138 Å². The number of aryl methyl sites for hydroxylation is 1. The average molecular weight is 2290 g/mol. The molecule has 10 rings (SSSR count). The Hall–Kier alpha value is -7.72. The number of nitrogens with two attached hydrogens (primary N) is 3. The molecule has 6 aromatic heterocycles. The van der Waals surface area contributed by atoms with E-state index < -0.39 is 240 Å². The number of halogens is 4. The second-order valence-corrected chi connectivity index (χ2v) is 45.7. The summed E-state index contributed by atoms with van der Waals surface area (Å²) in [5.41, 5.74) is 48.1. The van der Waals surface area contributed by atoms with E-state index in [9.17, 15) is 131 Å². The van der Waals surface area contributed by atoms with Gasteiger partial charge in [0.15, 0.2) is 5.65 Å². The highest BCUT2D eigenvalue weighted by molar-refractivity contribution is 7.68. The van der Waals surface area contributed by atoms with Crippen molar-refractivity contribution in [2.24, 2.45) is 20.5 Å². The molecule has 0 spiro atoms. The molecule has 24 atom stereocenters. The van der Waals surface area contributed by atoms with E-state index in [1.165, 1.54) is 53.1 Å². The van der Waals surface area contributed by atoms with Crippen molar-refractivity contribution in [1.29, 1.82) is 0 Å². The number of fused-ring (bicyclic) bond motifs is 2. The fourth-order valence-corrected chi connectivity index (χ4v) is 24.1. The molecule has 796 valence electrons. The van der Waals surface area contributed by atoms with E-state index in [4.69, 9.17) is 116 Å². The van der Waals surface area contributed by atoms with Gasteiger partial charge in [0.2, 0.25) is 5.95 Å². The summed E-state index contributed by atoms with van der Waals surface area (Å²) < 4.78 is 288. The second-order valence-electron chi connectivity index (χ2n) is 28.0. The van der Waals surface area contributed by atoms with E-state index in [2.05, 4.69) is 118 Å². The van der Waals surface area contributed by atoms with Gasteiger partial charge in [-0.25, -0.2) is 91.9 Å². The fourth-order valence-electron chi connectivity index (χ4n) is 11.9. The molecule has 0 saturated carbocycles. The number of aromatic nitrogens is 10. The second kappa shape index (κ2) is 47.2. The number of phosphoric ester groups is 4. The molecule has 4 saturated heterocycles. The van der Waals surface area contributed by atoms with Crippen LogP contribution in [-0.4, -0.2) is 226 Å². The molecule has 0 aliphatic carbocycles. The van der Waals surface area contributed by atoms with E-state index in [-0.39, 0.29) is 59.9 Å². The first-order valence-electron chi connectivity index (χ1n) is 36.7. The Morgan fingerprint density at radius 1 is 0.415 bits per heavy atom. The first-order chi connectivity index (χ1) is 64.7. The number of azide groups is 4. The smallest absolute Gasteiger partial charge is 0.383 e. The molecular weight excluding hydrogens is 2220 g/mol. The molecule has 77 nitrogen and oxygen atoms in total. The summed E-state index contributed by atoms with van der Waals surface area (Å²) in [6.45, 7) is 0.366. The Bertz CT molecular complexity index is 6690. The van der Waals surface area contributed by atoms with Gasteiger partial charge in [-0.3, -0.25) is 46.8 Å². The maximum atomic E-state index is 14.5. The van der Waals surface area contributed by atoms with Gasteiger partial charge < -0.3 is 143 Å². The van der Waals surface area contributed by atoms with Crippen molar-refractivity contribution < 1.29 is 241 Å². The number of aromatic amines is 2. The number of H-pyrrole nitrogens is 2. The number of anilines is 3. The Morgan fingerprint density at radius 3 is 1.02 bits per heavy atom. The third kappa shape index (κ3) is 39.2. The number of hydrogen-bond donors (Lipinski definition) is 21. The maximum absolute atomic E-state index is 14.5. The lowest BCUT2D eigenvalue weighted by molar-refractivity contribution is -0.179. The highest BCUT2D eigenvalue weighted by Crippen LogP contribution is 2.70. The summed E-state index contributed by atoms with van der Waals surface area (Å²) in [4.78, 5) is 221. The van der Waals surface area contributed by atoms with Gasteiger partial charge in [0.1, 0.15) is 72.9 Å². The van der Waals surface area contributed by atoms with E-state index in [1.54, 1.807) is 6.07 Å². The van der Waals surface area contributed by atoms with Crippen molar-refractivity contribution in [3.63, 3.8) is 0 Å². The number of rotatable bonds is 44. The summed E-state index contributed by atoms with van der Waals surface area (Å²) in [5.74, 6) is -11.9. The maximum Gasteiger partial charge on any atom is 0.490 e. The van der Waals surface area contributed by atoms with Gasteiger partial charge in [0.25, 0.3) is 35.0 Å². The van der Waals surface area contributed by atoms with Gasteiger partial charge in [-0.15, -0.1) is 0 Å². The highest BCUT2D eigenvalue weighted by atomic mass is 31.3. The number of nitrogen functional groups attached to an aromatic ring is 3. The molecule has 0 bridgehead atoms. The first kappa shape index (κ1) is 121. The lowest BCUT2D eigenvalue weighted by Crippen LogP contribution is -2.35. The SMILES string of the molecule is CC(F)(N=[N+]=[N-])O[C@@H]1C[C@H](n2ccc(N)nc2=O)O[C@@H]1COP(=O)(O)OP(=O)(O)OP(=O)(O)O.CC(F)(N=[N+]=[N-])O[C@@H]1C[C@H](n2ccc3c(=O)[nH]c(N)nc32)O[C@@H]1COP(=O)(O)OP(=O)(O)OP(=O)(O)O.CC(F)(N=[N+]=[N-])O[C@@H]1C[C@H](n2ccc3c(N)ncnc32)O[C@@H]1COP(=O)(O)OP(=O)(O)OP(=O)(O)O.Cc1cn([C@H]2C[C@@H](OC(C)(F)N=[N+]=[N-])[C@@H](COP(=O)(O)OP(=O)(O)OP(=O)(O)O)O2)c(=O)[nH]c1=O. The average Bonchev–Trinajstić information content (AvgIpc) is 1.63. The van der Waals surface area contributed by atoms with Crippen LogP contribution in [0, 0.1) is 6.92 Å². The van der Waals surface area contributed by atoms with Gasteiger partial charge >= 0.3 is 105 Å². The van der Waals surface area contributed by atoms with Crippen molar-refractivity contribution in [2.75, 3.05) is 43.6 Å². The predicted molar refractivity (Wildman–Crippen MR) is 443 cm³/mol. The molecule has 142 heavy (non-hydrogen) atoms. The third-order valence-electron chi connectivity index (χ3n) is 16.7. The van der Waals surface area contributed by atoms with Gasteiger partial charge in [-0.05, 0) is 67.7 Å². The summed E-state index contributed by atoms with van der Waals surface area (Å²) in [5, 5.41) is 11.8. The molecule has 0 radical (unpaired) electrons. The van der Waals surface area contributed by atoms with Crippen molar-refractivity contribution in [2.45, 2.75) is 158 Å². The van der Waals surface area contributed by atoms with Crippen LogP contribution in [0.4, 0.5) is 35.1 Å². The monoisotopic (exact) mass is 2290 g/mol. The minimum Gasteiger partial charge on any atom is -0.383 e. The standard InChI is InChI=1S/C13H19FN7O13P3.C13H19FN7O12P3.C12H19FN5O14P3.C11H18FN6O13P3/c1-13(14,19-20-16)32-7-4-9(21-3-2-6-10(21)17-12(15)18-11(6)22)31-8(7)5-30-36(26,27)34-37(28,29)33-35(23,24)25;1-13(14,19-20-16)31-8-4-10(21-3-2-7-11(15)17-6-18-12(7)21)30-9(8)5-29-35(25,26)33-36(27,28)32-34(22,23)24;1-6-4-18(11(20)15-10(6)19)9-3-7(30-12(2,13)16-17-14)8(29-9)5-28-34(24,25)32-35(26,27)31-33(21,22)23;1-11(12,16-17-14)29-6-4-9(18-3-2-8(13)15-10(18)19)28-7(6)5-27-33(23,24)31-34(25,26)30-32(20,21)22/h2-3,7-9H,4-5H2,1H3,(H,26,27)(H,28,29)(H2,23,24,25)(H3,15,17,18,22);2-3,6,8-10H,4-5H2,1H3,(H,25,26)(H,27,28)(H2,15,17,18)(H2,22,23,24);4,7-9H,3,5H2,1-2H3,(H,24,25)(H,26,27)(H,15,19,20)(H2,21,22,23);2-3,6-7,9H,4-5H2,1H3,(H,23,24)(H,25,26)(H2,13,15,19)(H2,20,21,22)/t7-,8-,9-,13?;8-,9-,10-,13?;7-,8-,9-,12?;6-,7-,9-,11?/m1111/s1. The third-order valence-corrected chi connectivity index (χ3v) is 31.9. The van der Waals surface area contributed by atoms with Crippen LogP contribution in [0.2, 0.25) is 0 Å². The summed E-state index contributed by atoms with van der Waals surface area (Å²) >= 11 is 0. The molecule has 12 unspecified atom stereocenters. The van der Waals surface area contributed by atoms with Crippen LogP contribution in [0.3, 0.4) is 0 Å². The van der Waals surface area contributed by atoms with Crippen LogP contribution in [-0.2, 0) is 145 Å². The number of phosphoric acid groups is 12. The normalized spacial score (nSPS) is 25.6.